The number of carbonyl (C=O) groups is 1. The maximum absolute atomic E-state index is 11.1. The third kappa shape index (κ3) is 3.28. The summed E-state index contributed by atoms with van der Waals surface area (Å²) in [6.07, 6.45) is 6.92. The van der Waals surface area contributed by atoms with Gasteiger partial charge < -0.3 is 14.6 Å². The first-order chi connectivity index (χ1) is 14.4. The Morgan fingerprint density at radius 2 is 2.10 bits per heavy atom. The molecule has 3 aliphatic rings. The summed E-state index contributed by atoms with van der Waals surface area (Å²) in [5, 5.41) is 9.09. The Kier molecular flexibility index (Phi) is 4.61. The lowest BCUT2D eigenvalue weighted by molar-refractivity contribution is -0.137. The van der Waals surface area contributed by atoms with Crippen molar-refractivity contribution in [3.8, 4) is 11.5 Å². The normalized spacial score (nSPS) is 23.5. The molecule has 5 rings (SSSR count). The molecule has 2 aromatic rings. The monoisotopic (exact) mass is 404 g/mol. The first-order valence-corrected chi connectivity index (χ1v) is 10.9. The Morgan fingerprint density at radius 3 is 2.87 bits per heavy atom. The Balaban J connectivity index is 1.38. The summed E-state index contributed by atoms with van der Waals surface area (Å²) in [6.45, 7) is 5.11. The lowest BCUT2D eigenvalue weighted by Crippen LogP contribution is -2.10. The number of fused-ring (bicyclic) bond motifs is 2. The minimum atomic E-state index is -0.796. The third-order valence-corrected chi connectivity index (χ3v) is 6.92. The van der Waals surface area contributed by atoms with Gasteiger partial charge in [-0.3, -0.25) is 4.79 Å². The number of aliphatic carboxylic acids is 1. The molecule has 4 heteroatoms. The van der Waals surface area contributed by atoms with E-state index in [1.54, 1.807) is 0 Å². The van der Waals surface area contributed by atoms with Crippen LogP contribution in [0.1, 0.15) is 73.8 Å². The van der Waals surface area contributed by atoms with Crippen LogP contribution in [0, 0.1) is 5.41 Å². The molecule has 2 aromatic carbocycles. The summed E-state index contributed by atoms with van der Waals surface area (Å²) in [4.78, 5) is 11.1. The zero-order valence-electron chi connectivity index (χ0n) is 17.6. The number of ether oxygens (including phenoxy) is 2. The van der Waals surface area contributed by atoms with Gasteiger partial charge in [0.05, 0.1) is 13.0 Å². The van der Waals surface area contributed by atoms with Crippen LogP contribution in [-0.4, -0.2) is 17.7 Å². The number of carboxylic acid groups (broad SMARTS) is 1. The Hall–Kier alpha value is -2.75. The summed E-state index contributed by atoms with van der Waals surface area (Å²) in [5.41, 5.74) is 6.81. The van der Waals surface area contributed by atoms with Gasteiger partial charge in [0.25, 0.3) is 0 Å². The molecule has 2 atom stereocenters. The van der Waals surface area contributed by atoms with E-state index in [0.29, 0.717) is 6.61 Å². The van der Waals surface area contributed by atoms with Crippen LogP contribution in [0.2, 0.25) is 0 Å². The second kappa shape index (κ2) is 7.19. The molecule has 4 nitrogen and oxygen atoms in total. The molecule has 0 aromatic heterocycles. The van der Waals surface area contributed by atoms with Crippen molar-refractivity contribution in [1.29, 1.82) is 0 Å². The van der Waals surface area contributed by atoms with Crippen molar-refractivity contribution in [2.45, 2.75) is 58.0 Å². The third-order valence-electron chi connectivity index (χ3n) is 6.92. The quantitative estimate of drug-likeness (QED) is 0.673. The number of hydrogen-bond donors (Lipinski definition) is 1. The van der Waals surface area contributed by atoms with Crippen LogP contribution in [0.4, 0.5) is 0 Å². The van der Waals surface area contributed by atoms with E-state index in [1.165, 1.54) is 28.7 Å². The fourth-order valence-corrected chi connectivity index (χ4v) is 5.33. The van der Waals surface area contributed by atoms with Crippen LogP contribution in [0.25, 0.3) is 5.57 Å². The molecule has 0 amide bonds. The number of allylic oxidation sites excluding steroid dienone is 2. The number of carboxylic acids is 1. The van der Waals surface area contributed by atoms with Gasteiger partial charge in [-0.25, -0.2) is 0 Å². The molecule has 0 saturated carbocycles. The average molecular weight is 405 g/mol. The zero-order chi connectivity index (χ0) is 20.9. The molecular weight excluding hydrogens is 376 g/mol. The Morgan fingerprint density at radius 1 is 1.23 bits per heavy atom. The highest BCUT2D eigenvalue weighted by Gasteiger charge is 2.33. The summed E-state index contributed by atoms with van der Waals surface area (Å²) in [5.74, 6) is 0.664. The minimum Gasteiger partial charge on any atom is -0.492 e. The first kappa shape index (κ1) is 19.2. The van der Waals surface area contributed by atoms with Crippen LogP contribution in [0.15, 0.2) is 42.5 Å². The summed E-state index contributed by atoms with van der Waals surface area (Å²) < 4.78 is 12.1. The molecule has 0 saturated heterocycles. The fraction of sp³-hybridized carbons (Fsp3) is 0.423. The van der Waals surface area contributed by atoms with Gasteiger partial charge in [0.15, 0.2) is 0 Å². The van der Waals surface area contributed by atoms with E-state index in [1.807, 2.05) is 18.2 Å². The average Bonchev–Trinajstić information content (AvgIpc) is 3.39. The van der Waals surface area contributed by atoms with Crippen molar-refractivity contribution in [1.82, 2.24) is 0 Å². The Bertz CT molecular complexity index is 1030. The molecule has 1 N–H and O–H groups in total. The predicted octanol–water partition coefficient (Wildman–Crippen LogP) is 5.91. The van der Waals surface area contributed by atoms with Gasteiger partial charge in [0.1, 0.15) is 17.6 Å². The van der Waals surface area contributed by atoms with Crippen LogP contribution in [0.5, 0.6) is 11.5 Å². The summed E-state index contributed by atoms with van der Waals surface area (Å²) in [6, 6.07) is 12.5. The topological polar surface area (TPSA) is 55.8 Å². The van der Waals surface area contributed by atoms with Crippen molar-refractivity contribution < 1.29 is 19.4 Å². The van der Waals surface area contributed by atoms with Gasteiger partial charge in [0, 0.05) is 17.5 Å². The standard InChI is InChI=1S/C26H28O4/c1-26(2)12-4-7-22(26)20-5-3-6-21-19(20)10-11-23(21)30-17-8-9-18-16(13-25(27)28)15-29-24(18)14-17/h3,5-9,14,16,23H,4,10-13,15H2,1-2H3,(H,27,28)/t16?,23-/m1/s1. The molecule has 1 heterocycles. The molecule has 0 bridgehead atoms. The Labute approximate surface area is 177 Å². The largest absolute Gasteiger partial charge is 0.492 e. The predicted molar refractivity (Wildman–Crippen MR) is 116 cm³/mol. The van der Waals surface area contributed by atoms with E-state index in [2.05, 4.69) is 38.1 Å². The van der Waals surface area contributed by atoms with Gasteiger partial charge in [0.2, 0.25) is 0 Å². The smallest absolute Gasteiger partial charge is 0.304 e. The lowest BCUT2D eigenvalue weighted by atomic mass is 9.80. The number of benzene rings is 2. The molecule has 2 aliphatic carbocycles. The summed E-state index contributed by atoms with van der Waals surface area (Å²) in [7, 11) is 0. The number of rotatable bonds is 5. The SMILES string of the molecule is CC1(C)CCC=C1c1cccc2c1CC[C@H]2Oc1ccc2c(c1)OCC2CC(=O)O. The van der Waals surface area contributed by atoms with E-state index >= 15 is 0 Å². The molecular formula is C26H28O4. The van der Waals surface area contributed by atoms with Gasteiger partial charge in [-0.1, -0.05) is 44.2 Å². The molecule has 1 unspecified atom stereocenters. The molecule has 0 radical (unpaired) electrons. The van der Waals surface area contributed by atoms with Crippen molar-refractivity contribution in [2.75, 3.05) is 6.61 Å². The highest BCUT2D eigenvalue weighted by Crippen LogP contribution is 2.48. The molecule has 0 fully saturated rings. The maximum Gasteiger partial charge on any atom is 0.304 e. The van der Waals surface area contributed by atoms with Crippen molar-refractivity contribution in [3.63, 3.8) is 0 Å². The van der Waals surface area contributed by atoms with E-state index in [4.69, 9.17) is 14.6 Å². The lowest BCUT2D eigenvalue weighted by Gasteiger charge is -2.25. The van der Waals surface area contributed by atoms with Gasteiger partial charge >= 0.3 is 5.97 Å². The number of hydrogen-bond acceptors (Lipinski definition) is 3. The first-order valence-electron chi connectivity index (χ1n) is 10.9. The minimum absolute atomic E-state index is 0.0411. The van der Waals surface area contributed by atoms with Gasteiger partial charge in [-0.05, 0) is 59.4 Å². The second-order valence-electron chi connectivity index (χ2n) is 9.36. The van der Waals surface area contributed by atoms with E-state index in [0.717, 1.165) is 36.3 Å². The van der Waals surface area contributed by atoms with Crippen LogP contribution in [0.3, 0.4) is 0 Å². The highest BCUT2D eigenvalue weighted by molar-refractivity contribution is 5.75. The van der Waals surface area contributed by atoms with E-state index < -0.39 is 5.97 Å². The zero-order valence-corrected chi connectivity index (χ0v) is 17.6. The highest BCUT2D eigenvalue weighted by atomic mass is 16.5. The summed E-state index contributed by atoms with van der Waals surface area (Å²) >= 11 is 0. The van der Waals surface area contributed by atoms with Crippen molar-refractivity contribution >= 4 is 11.5 Å². The van der Waals surface area contributed by atoms with Crippen LogP contribution >= 0.6 is 0 Å². The van der Waals surface area contributed by atoms with Crippen LogP contribution < -0.4 is 9.47 Å². The van der Waals surface area contributed by atoms with E-state index in [9.17, 15) is 4.79 Å². The van der Waals surface area contributed by atoms with Crippen molar-refractivity contribution in [3.05, 3.63) is 64.7 Å². The maximum atomic E-state index is 11.1. The van der Waals surface area contributed by atoms with Gasteiger partial charge in [-0.2, -0.15) is 0 Å². The molecule has 1 aliphatic heterocycles. The molecule has 156 valence electrons. The molecule has 30 heavy (non-hydrogen) atoms. The second-order valence-corrected chi connectivity index (χ2v) is 9.36. The molecule has 0 spiro atoms. The fourth-order valence-electron chi connectivity index (χ4n) is 5.33. The van der Waals surface area contributed by atoms with Gasteiger partial charge in [-0.15, -0.1) is 0 Å². The van der Waals surface area contributed by atoms with E-state index in [-0.39, 0.29) is 23.9 Å². The van der Waals surface area contributed by atoms with Crippen LogP contribution in [-0.2, 0) is 11.2 Å². The van der Waals surface area contributed by atoms with Crippen molar-refractivity contribution in [2.24, 2.45) is 5.41 Å².